The van der Waals surface area contributed by atoms with E-state index >= 15 is 0 Å². The fourth-order valence-electron chi connectivity index (χ4n) is 5.41. The summed E-state index contributed by atoms with van der Waals surface area (Å²) in [7, 11) is 0. The van der Waals surface area contributed by atoms with E-state index in [2.05, 4.69) is 20.3 Å². The molecule has 0 atom stereocenters. The fourth-order valence-corrected chi connectivity index (χ4v) is 6.11. The van der Waals surface area contributed by atoms with Crippen molar-refractivity contribution in [3.8, 4) is 22.1 Å². The van der Waals surface area contributed by atoms with Crippen LogP contribution in [0.1, 0.15) is 59.5 Å². The van der Waals surface area contributed by atoms with Gasteiger partial charge in [-0.05, 0) is 88.5 Å². The minimum absolute atomic E-state index is 0.115. The van der Waals surface area contributed by atoms with E-state index < -0.39 is 5.97 Å². The molecule has 3 fully saturated rings. The van der Waals surface area contributed by atoms with Crippen LogP contribution in [0.2, 0.25) is 0 Å². The molecule has 3 heterocycles. The molecular formula is C30H34N6O4S. The molecule has 214 valence electrons. The number of aryl methyl sites for hydroxylation is 1. The van der Waals surface area contributed by atoms with Crippen LogP contribution in [-0.2, 0) is 16.2 Å². The number of ether oxygens (including phenoxy) is 1. The van der Waals surface area contributed by atoms with Crippen LogP contribution in [0.25, 0.3) is 10.6 Å². The standard InChI is InChI=1S/C30H34N6O4S/c1-19-32-33-29(41-19)21-6-10-25(11-7-21)39-26-17-22(4-5-23(26)18-36-14-2-3-27(36)37)30(38)40-34-28(31)20-12-15-35(16-13-20)24-8-9-24/h4-7,10-11,17,20,24H,2-3,8-9,12-16,18H2,1H3,(H2,31,34). The Morgan fingerprint density at radius 2 is 1.85 bits per heavy atom. The number of hydrogen-bond donors (Lipinski definition) is 1. The van der Waals surface area contributed by atoms with Crippen molar-refractivity contribution < 1.29 is 19.2 Å². The van der Waals surface area contributed by atoms with E-state index in [-0.39, 0.29) is 17.4 Å². The normalized spacial score (nSPS) is 18.6. The van der Waals surface area contributed by atoms with Crippen LogP contribution in [-0.4, -0.2) is 63.4 Å². The Morgan fingerprint density at radius 3 is 2.51 bits per heavy atom. The molecule has 1 aliphatic carbocycles. The molecule has 1 aromatic heterocycles. The maximum absolute atomic E-state index is 13.0. The quantitative estimate of drug-likeness (QED) is 0.168. The maximum atomic E-state index is 13.0. The van der Waals surface area contributed by atoms with E-state index in [9.17, 15) is 9.59 Å². The van der Waals surface area contributed by atoms with Gasteiger partial charge < -0.3 is 25.1 Å². The Kier molecular flexibility index (Phi) is 7.97. The molecule has 0 radical (unpaired) electrons. The third kappa shape index (κ3) is 6.57. The summed E-state index contributed by atoms with van der Waals surface area (Å²) in [4.78, 5) is 34.9. The molecule has 11 heteroatoms. The van der Waals surface area contributed by atoms with Gasteiger partial charge in [-0.3, -0.25) is 4.79 Å². The van der Waals surface area contributed by atoms with Crippen LogP contribution in [0.4, 0.5) is 0 Å². The summed E-state index contributed by atoms with van der Waals surface area (Å²) in [5.74, 6) is 1.05. The lowest BCUT2D eigenvalue weighted by molar-refractivity contribution is -0.128. The van der Waals surface area contributed by atoms with Gasteiger partial charge >= 0.3 is 5.97 Å². The molecule has 2 aromatic carbocycles. The Bertz CT molecular complexity index is 1440. The smallest absolute Gasteiger partial charge is 0.365 e. The van der Waals surface area contributed by atoms with Crippen LogP contribution < -0.4 is 10.5 Å². The number of carbonyl (C=O) groups excluding carboxylic acids is 2. The number of nitrogens with zero attached hydrogens (tertiary/aromatic N) is 5. The van der Waals surface area contributed by atoms with Crippen molar-refractivity contribution in [2.24, 2.45) is 16.8 Å². The molecule has 0 spiro atoms. The van der Waals surface area contributed by atoms with Crippen molar-refractivity contribution in [1.29, 1.82) is 0 Å². The molecule has 1 saturated carbocycles. The number of likely N-dealkylation sites (tertiary alicyclic amines) is 2. The van der Waals surface area contributed by atoms with E-state index in [0.717, 1.165) is 59.5 Å². The second-order valence-corrected chi connectivity index (χ2v) is 12.1. The fraction of sp³-hybridized carbons (Fsp3) is 0.433. The van der Waals surface area contributed by atoms with Crippen LogP contribution in [0.3, 0.4) is 0 Å². The summed E-state index contributed by atoms with van der Waals surface area (Å²) in [5.41, 5.74) is 8.24. The number of rotatable bonds is 9. The Balaban J connectivity index is 1.16. The van der Waals surface area contributed by atoms with Crippen molar-refractivity contribution in [2.45, 2.75) is 58.0 Å². The zero-order valence-corrected chi connectivity index (χ0v) is 23.9. The summed E-state index contributed by atoms with van der Waals surface area (Å²) in [5, 5.41) is 14.0. The number of oxime groups is 1. The van der Waals surface area contributed by atoms with E-state index in [1.54, 1.807) is 23.1 Å². The van der Waals surface area contributed by atoms with Gasteiger partial charge in [0, 0.05) is 42.6 Å². The number of aromatic nitrogens is 2. The lowest BCUT2D eigenvalue weighted by atomic mass is 9.96. The SMILES string of the molecule is Cc1nnc(-c2ccc(Oc3cc(C(=O)O/N=C(\N)C4CCN(C5CC5)CC4)ccc3CN3CCCC3=O)cc2)s1. The van der Waals surface area contributed by atoms with Gasteiger partial charge in [-0.1, -0.05) is 22.6 Å². The highest BCUT2D eigenvalue weighted by Gasteiger charge is 2.33. The second-order valence-electron chi connectivity index (χ2n) is 10.9. The van der Waals surface area contributed by atoms with Gasteiger partial charge in [-0.25, -0.2) is 4.79 Å². The number of nitrogens with two attached hydrogens (primary N) is 1. The summed E-state index contributed by atoms with van der Waals surface area (Å²) >= 11 is 1.52. The van der Waals surface area contributed by atoms with E-state index in [1.165, 1.54) is 24.2 Å². The van der Waals surface area contributed by atoms with Gasteiger partial charge in [0.15, 0.2) is 0 Å². The van der Waals surface area contributed by atoms with Gasteiger partial charge in [-0.2, -0.15) is 0 Å². The van der Waals surface area contributed by atoms with Crippen LogP contribution >= 0.6 is 11.3 Å². The Labute approximate surface area is 243 Å². The Morgan fingerprint density at radius 1 is 1.07 bits per heavy atom. The molecule has 1 amide bonds. The average molecular weight is 575 g/mol. The summed E-state index contributed by atoms with van der Waals surface area (Å²) in [6.07, 6.45) is 5.81. The highest BCUT2D eigenvalue weighted by molar-refractivity contribution is 7.14. The van der Waals surface area contributed by atoms with E-state index in [1.807, 2.05) is 31.2 Å². The molecule has 3 aromatic rings. The zero-order chi connectivity index (χ0) is 28.3. The van der Waals surface area contributed by atoms with Crippen molar-refractivity contribution in [2.75, 3.05) is 19.6 Å². The molecule has 2 saturated heterocycles. The number of benzene rings is 2. The number of piperidine rings is 1. The molecular weight excluding hydrogens is 540 g/mol. The third-order valence-corrected chi connectivity index (χ3v) is 8.82. The molecule has 3 aliphatic rings. The number of amidine groups is 1. The summed E-state index contributed by atoms with van der Waals surface area (Å²) in [6, 6.07) is 13.4. The second kappa shape index (κ2) is 12.0. The van der Waals surface area contributed by atoms with E-state index in [4.69, 9.17) is 15.3 Å². The van der Waals surface area contributed by atoms with E-state index in [0.29, 0.717) is 36.8 Å². The van der Waals surface area contributed by atoms with Crippen molar-refractivity contribution >= 4 is 29.0 Å². The van der Waals surface area contributed by atoms with Gasteiger partial charge in [0.25, 0.3) is 0 Å². The molecule has 10 nitrogen and oxygen atoms in total. The first-order chi connectivity index (χ1) is 19.9. The minimum atomic E-state index is -0.612. The van der Waals surface area contributed by atoms with Crippen LogP contribution in [0.5, 0.6) is 11.5 Å². The number of carbonyl (C=O) groups is 2. The number of hydrogen-bond acceptors (Lipinski definition) is 9. The highest BCUT2D eigenvalue weighted by atomic mass is 32.1. The summed E-state index contributed by atoms with van der Waals surface area (Å²) < 4.78 is 6.25. The van der Waals surface area contributed by atoms with Gasteiger partial charge in [0.05, 0.1) is 5.56 Å². The summed E-state index contributed by atoms with van der Waals surface area (Å²) in [6.45, 7) is 5.02. The topological polar surface area (TPSA) is 123 Å². The van der Waals surface area contributed by atoms with Crippen molar-refractivity contribution in [3.05, 3.63) is 58.6 Å². The van der Waals surface area contributed by atoms with Crippen molar-refractivity contribution in [3.63, 3.8) is 0 Å². The monoisotopic (exact) mass is 574 g/mol. The van der Waals surface area contributed by atoms with Gasteiger partial charge in [0.1, 0.15) is 27.3 Å². The maximum Gasteiger partial charge on any atom is 0.365 e. The number of amides is 1. The molecule has 41 heavy (non-hydrogen) atoms. The average Bonchev–Trinajstić information content (AvgIpc) is 3.63. The minimum Gasteiger partial charge on any atom is -0.457 e. The molecule has 2 aliphatic heterocycles. The first-order valence-electron chi connectivity index (χ1n) is 14.2. The van der Waals surface area contributed by atoms with Crippen molar-refractivity contribution in [1.82, 2.24) is 20.0 Å². The molecule has 2 N–H and O–H groups in total. The first kappa shape index (κ1) is 27.3. The third-order valence-electron chi connectivity index (χ3n) is 7.94. The lowest BCUT2D eigenvalue weighted by Gasteiger charge is -2.31. The predicted molar refractivity (Wildman–Crippen MR) is 156 cm³/mol. The molecule has 0 unspecified atom stereocenters. The first-order valence-corrected chi connectivity index (χ1v) is 15.0. The molecule has 0 bridgehead atoms. The Hall–Kier alpha value is -3.83. The zero-order valence-electron chi connectivity index (χ0n) is 23.1. The lowest BCUT2D eigenvalue weighted by Crippen LogP contribution is -2.39. The molecule has 6 rings (SSSR count). The predicted octanol–water partition coefficient (Wildman–Crippen LogP) is 4.73. The highest BCUT2D eigenvalue weighted by Crippen LogP contribution is 2.32. The van der Waals surface area contributed by atoms with Crippen LogP contribution in [0.15, 0.2) is 47.6 Å². The van der Waals surface area contributed by atoms with Crippen LogP contribution in [0, 0.1) is 12.8 Å². The largest absolute Gasteiger partial charge is 0.457 e. The van der Waals surface area contributed by atoms with Gasteiger partial charge in [0.2, 0.25) is 5.91 Å². The van der Waals surface area contributed by atoms with Gasteiger partial charge in [-0.15, -0.1) is 10.2 Å².